The maximum Gasteiger partial charge on any atom is 0.0737 e. The number of nitrogens with two attached hydrogens (primary N) is 1. The standard InChI is InChI=1S/C12H14BrN3/c1-2-4-12-11(14)8-15-16(12)10-6-3-5-9(13)7-10/h3,5-8H,2,4,14H2,1H3. The van der Waals surface area contributed by atoms with Crippen LogP contribution in [0.4, 0.5) is 5.69 Å². The van der Waals surface area contributed by atoms with Gasteiger partial charge in [-0.25, -0.2) is 4.68 Å². The topological polar surface area (TPSA) is 43.8 Å². The molecule has 16 heavy (non-hydrogen) atoms. The number of nitrogen functional groups attached to an aromatic ring is 1. The van der Waals surface area contributed by atoms with Gasteiger partial charge in [-0.2, -0.15) is 5.10 Å². The summed E-state index contributed by atoms with van der Waals surface area (Å²) < 4.78 is 2.95. The summed E-state index contributed by atoms with van der Waals surface area (Å²) in [4.78, 5) is 0. The van der Waals surface area contributed by atoms with Crippen LogP contribution in [-0.4, -0.2) is 9.78 Å². The second kappa shape index (κ2) is 4.70. The van der Waals surface area contributed by atoms with E-state index in [1.54, 1.807) is 6.20 Å². The smallest absolute Gasteiger partial charge is 0.0737 e. The van der Waals surface area contributed by atoms with Gasteiger partial charge < -0.3 is 5.73 Å². The number of benzene rings is 1. The quantitative estimate of drug-likeness (QED) is 0.938. The van der Waals surface area contributed by atoms with Crippen molar-refractivity contribution < 1.29 is 0 Å². The minimum absolute atomic E-state index is 0.766. The van der Waals surface area contributed by atoms with Gasteiger partial charge in [0, 0.05) is 4.47 Å². The molecule has 0 amide bonds. The Morgan fingerprint density at radius 1 is 1.44 bits per heavy atom. The Balaban J connectivity index is 2.47. The first-order chi connectivity index (χ1) is 7.72. The Morgan fingerprint density at radius 2 is 2.25 bits per heavy atom. The van der Waals surface area contributed by atoms with E-state index in [0.29, 0.717) is 0 Å². The van der Waals surface area contributed by atoms with Gasteiger partial charge in [-0.1, -0.05) is 35.3 Å². The molecule has 3 nitrogen and oxygen atoms in total. The van der Waals surface area contributed by atoms with E-state index in [1.165, 1.54) is 0 Å². The van der Waals surface area contributed by atoms with Crippen molar-refractivity contribution >= 4 is 21.6 Å². The lowest BCUT2D eigenvalue weighted by Gasteiger charge is -2.07. The van der Waals surface area contributed by atoms with E-state index < -0.39 is 0 Å². The number of aromatic nitrogens is 2. The first kappa shape index (κ1) is 11.2. The number of hydrogen-bond acceptors (Lipinski definition) is 2. The van der Waals surface area contributed by atoms with Gasteiger partial charge in [0.1, 0.15) is 0 Å². The van der Waals surface area contributed by atoms with Gasteiger partial charge in [-0.15, -0.1) is 0 Å². The Kier molecular flexibility index (Phi) is 3.29. The first-order valence-corrected chi connectivity index (χ1v) is 6.10. The molecule has 1 heterocycles. The highest BCUT2D eigenvalue weighted by atomic mass is 79.9. The fourth-order valence-corrected chi connectivity index (χ4v) is 2.09. The first-order valence-electron chi connectivity index (χ1n) is 5.30. The average Bonchev–Trinajstić information content (AvgIpc) is 2.61. The van der Waals surface area contributed by atoms with Gasteiger partial charge >= 0.3 is 0 Å². The van der Waals surface area contributed by atoms with Crippen molar-refractivity contribution in [1.82, 2.24) is 9.78 Å². The summed E-state index contributed by atoms with van der Waals surface area (Å²) in [6, 6.07) is 8.05. The van der Waals surface area contributed by atoms with E-state index in [9.17, 15) is 0 Å². The molecule has 2 N–H and O–H groups in total. The zero-order chi connectivity index (χ0) is 11.5. The molecule has 0 saturated carbocycles. The second-order valence-corrected chi connectivity index (χ2v) is 4.60. The summed E-state index contributed by atoms with van der Waals surface area (Å²) in [6.45, 7) is 2.14. The van der Waals surface area contributed by atoms with Gasteiger partial charge in [0.25, 0.3) is 0 Å². The summed E-state index contributed by atoms with van der Waals surface area (Å²) in [6.07, 6.45) is 3.72. The van der Waals surface area contributed by atoms with E-state index in [1.807, 2.05) is 28.9 Å². The molecule has 2 aromatic rings. The maximum absolute atomic E-state index is 5.91. The average molecular weight is 280 g/mol. The highest BCUT2D eigenvalue weighted by molar-refractivity contribution is 9.10. The monoisotopic (exact) mass is 279 g/mol. The SMILES string of the molecule is CCCc1c(N)cnn1-c1cccc(Br)c1. The largest absolute Gasteiger partial charge is 0.396 e. The van der Waals surface area contributed by atoms with E-state index in [-0.39, 0.29) is 0 Å². The lowest BCUT2D eigenvalue weighted by molar-refractivity contribution is 0.776. The van der Waals surface area contributed by atoms with Crippen LogP contribution in [0.25, 0.3) is 5.69 Å². The summed E-state index contributed by atoms with van der Waals surface area (Å²) in [5.74, 6) is 0. The highest BCUT2D eigenvalue weighted by Gasteiger charge is 2.08. The lowest BCUT2D eigenvalue weighted by Crippen LogP contribution is -2.03. The Hall–Kier alpha value is -1.29. The zero-order valence-corrected chi connectivity index (χ0v) is 10.7. The Labute approximate surface area is 103 Å². The molecule has 0 saturated heterocycles. The fraction of sp³-hybridized carbons (Fsp3) is 0.250. The van der Waals surface area contributed by atoms with Crippen molar-refractivity contribution in [2.45, 2.75) is 19.8 Å². The van der Waals surface area contributed by atoms with Gasteiger partial charge in [0.05, 0.1) is 23.3 Å². The molecule has 84 valence electrons. The predicted molar refractivity (Wildman–Crippen MR) is 69.7 cm³/mol. The van der Waals surface area contributed by atoms with Crippen LogP contribution in [0.2, 0.25) is 0 Å². The van der Waals surface area contributed by atoms with Crippen molar-refractivity contribution in [3.63, 3.8) is 0 Å². The summed E-state index contributed by atoms with van der Waals surface area (Å²) in [7, 11) is 0. The Morgan fingerprint density at radius 3 is 2.94 bits per heavy atom. The molecule has 0 bridgehead atoms. The molecule has 0 unspecified atom stereocenters. The summed E-state index contributed by atoms with van der Waals surface area (Å²) in [5.41, 5.74) is 8.79. The van der Waals surface area contributed by atoms with Gasteiger partial charge in [0.2, 0.25) is 0 Å². The third-order valence-corrected chi connectivity index (χ3v) is 2.93. The number of halogens is 1. The molecule has 1 aromatic heterocycles. The van der Waals surface area contributed by atoms with Crippen molar-refractivity contribution in [1.29, 1.82) is 0 Å². The van der Waals surface area contributed by atoms with Crippen LogP contribution in [-0.2, 0) is 6.42 Å². The van der Waals surface area contributed by atoms with Crippen molar-refractivity contribution in [2.75, 3.05) is 5.73 Å². The van der Waals surface area contributed by atoms with Gasteiger partial charge in [-0.3, -0.25) is 0 Å². The zero-order valence-electron chi connectivity index (χ0n) is 9.15. The minimum atomic E-state index is 0.766. The second-order valence-electron chi connectivity index (χ2n) is 3.69. The van der Waals surface area contributed by atoms with E-state index in [4.69, 9.17) is 5.73 Å². The van der Waals surface area contributed by atoms with Crippen LogP contribution < -0.4 is 5.73 Å². The third kappa shape index (κ3) is 2.11. The highest BCUT2D eigenvalue weighted by Crippen LogP contribution is 2.20. The summed E-state index contributed by atoms with van der Waals surface area (Å²) >= 11 is 3.46. The number of nitrogens with zero attached hydrogens (tertiary/aromatic N) is 2. The van der Waals surface area contributed by atoms with E-state index in [2.05, 4.69) is 28.0 Å². The molecule has 0 spiro atoms. The van der Waals surface area contributed by atoms with E-state index in [0.717, 1.165) is 34.4 Å². The van der Waals surface area contributed by atoms with Crippen LogP contribution in [0.15, 0.2) is 34.9 Å². The third-order valence-electron chi connectivity index (χ3n) is 2.44. The number of hydrogen-bond donors (Lipinski definition) is 1. The van der Waals surface area contributed by atoms with Crippen LogP contribution in [0, 0.1) is 0 Å². The van der Waals surface area contributed by atoms with Crippen LogP contribution in [0.1, 0.15) is 19.0 Å². The molecule has 0 aliphatic heterocycles. The molecule has 0 atom stereocenters. The molecule has 0 aliphatic rings. The summed E-state index contributed by atoms with van der Waals surface area (Å²) in [5, 5.41) is 4.32. The van der Waals surface area contributed by atoms with Crippen LogP contribution in [0.3, 0.4) is 0 Å². The number of rotatable bonds is 3. The fourth-order valence-electron chi connectivity index (χ4n) is 1.70. The lowest BCUT2D eigenvalue weighted by atomic mass is 10.2. The molecule has 1 aromatic carbocycles. The maximum atomic E-state index is 5.91. The molecule has 0 fully saturated rings. The number of anilines is 1. The molecular weight excluding hydrogens is 266 g/mol. The normalized spacial score (nSPS) is 10.6. The van der Waals surface area contributed by atoms with Gasteiger partial charge in [0.15, 0.2) is 0 Å². The van der Waals surface area contributed by atoms with Crippen LogP contribution in [0.5, 0.6) is 0 Å². The van der Waals surface area contributed by atoms with Crippen molar-refractivity contribution in [3.05, 3.63) is 40.6 Å². The van der Waals surface area contributed by atoms with Gasteiger partial charge in [-0.05, 0) is 24.6 Å². The van der Waals surface area contributed by atoms with Crippen molar-refractivity contribution in [3.8, 4) is 5.69 Å². The van der Waals surface area contributed by atoms with Crippen molar-refractivity contribution in [2.24, 2.45) is 0 Å². The minimum Gasteiger partial charge on any atom is -0.396 e. The molecule has 0 radical (unpaired) electrons. The van der Waals surface area contributed by atoms with E-state index >= 15 is 0 Å². The Bertz CT molecular complexity index is 491. The molecule has 4 heteroatoms. The molecule has 2 rings (SSSR count). The van der Waals surface area contributed by atoms with Crippen LogP contribution >= 0.6 is 15.9 Å². The molecule has 0 aliphatic carbocycles. The molecular formula is C12H14BrN3. The predicted octanol–water partition coefficient (Wildman–Crippen LogP) is 3.17.